The fraction of sp³-hybridized carbons (Fsp3) is 0.273. The summed E-state index contributed by atoms with van der Waals surface area (Å²) in [4.78, 5) is 15.8. The summed E-state index contributed by atoms with van der Waals surface area (Å²) in [5.74, 6) is 0. The van der Waals surface area contributed by atoms with Gasteiger partial charge in [0.1, 0.15) is 5.65 Å². The second-order valence-electron chi connectivity index (χ2n) is 3.54. The fourth-order valence-corrected chi connectivity index (χ4v) is 1.50. The number of nitrogens with zero attached hydrogens (tertiary/aromatic N) is 2. The standard InChI is InChI=1S/C11H11F2N3O/c12-9(13)7-14-6-8-5-11(17)16-4-2-1-3-10(16)15-8/h1-5,9,14H,6-7H2. The molecular weight excluding hydrogens is 228 g/mol. The predicted molar refractivity (Wildman–Crippen MR) is 59.2 cm³/mol. The first kappa shape index (κ1) is 11.7. The number of nitrogens with one attached hydrogen (secondary N) is 1. The Morgan fingerprint density at radius 2 is 2.24 bits per heavy atom. The number of alkyl halides is 2. The van der Waals surface area contributed by atoms with Crippen LogP contribution in [0.4, 0.5) is 8.78 Å². The summed E-state index contributed by atoms with van der Waals surface area (Å²) in [6.07, 6.45) is -0.794. The molecule has 0 unspecified atom stereocenters. The summed E-state index contributed by atoms with van der Waals surface area (Å²) in [5, 5.41) is 2.53. The van der Waals surface area contributed by atoms with E-state index in [4.69, 9.17) is 0 Å². The molecule has 0 spiro atoms. The first-order valence-corrected chi connectivity index (χ1v) is 5.13. The lowest BCUT2D eigenvalue weighted by Crippen LogP contribution is -2.23. The first-order chi connectivity index (χ1) is 8.16. The number of hydrogen-bond donors (Lipinski definition) is 1. The second-order valence-corrected chi connectivity index (χ2v) is 3.54. The molecule has 0 fully saturated rings. The van der Waals surface area contributed by atoms with Gasteiger partial charge in [-0.25, -0.2) is 13.8 Å². The summed E-state index contributed by atoms with van der Waals surface area (Å²) in [5.41, 5.74) is 0.750. The molecular formula is C11H11F2N3O. The normalized spacial score (nSPS) is 11.2. The van der Waals surface area contributed by atoms with Crippen LogP contribution >= 0.6 is 0 Å². The third-order valence-electron chi connectivity index (χ3n) is 2.23. The van der Waals surface area contributed by atoms with Crippen LogP contribution in [-0.4, -0.2) is 22.4 Å². The van der Waals surface area contributed by atoms with Crippen molar-refractivity contribution in [3.63, 3.8) is 0 Å². The van der Waals surface area contributed by atoms with Crippen molar-refractivity contribution < 1.29 is 8.78 Å². The minimum atomic E-state index is -2.41. The monoisotopic (exact) mass is 239 g/mol. The summed E-state index contributed by atoms with van der Waals surface area (Å²) in [7, 11) is 0. The van der Waals surface area contributed by atoms with Crippen LogP contribution in [0.15, 0.2) is 35.3 Å². The van der Waals surface area contributed by atoms with Gasteiger partial charge in [0.15, 0.2) is 0 Å². The number of rotatable bonds is 4. The maximum Gasteiger partial charge on any atom is 0.258 e. The molecule has 6 heteroatoms. The van der Waals surface area contributed by atoms with E-state index in [0.29, 0.717) is 11.3 Å². The van der Waals surface area contributed by atoms with E-state index in [0.717, 1.165) is 0 Å². The highest BCUT2D eigenvalue weighted by Gasteiger charge is 2.04. The van der Waals surface area contributed by atoms with Gasteiger partial charge in [-0.1, -0.05) is 6.07 Å². The van der Waals surface area contributed by atoms with Gasteiger partial charge in [-0.15, -0.1) is 0 Å². The zero-order chi connectivity index (χ0) is 12.3. The van der Waals surface area contributed by atoms with Crippen LogP contribution in [0, 0.1) is 0 Å². The van der Waals surface area contributed by atoms with Gasteiger partial charge in [0, 0.05) is 18.8 Å². The van der Waals surface area contributed by atoms with Crippen LogP contribution in [0.25, 0.3) is 5.65 Å². The van der Waals surface area contributed by atoms with Crippen molar-refractivity contribution in [3.8, 4) is 0 Å². The molecule has 4 nitrogen and oxygen atoms in total. The molecule has 0 bridgehead atoms. The fourth-order valence-electron chi connectivity index (χ4n) is 1.50. The van der Waals surface area contributed by atoms with E-state index in [1.54, 1.807) is 24.4 Å². The Kier molecular flexibility index (Phi) is 3.43. The molecule has 1 N–H and O–H groups in total. The maximum absolute atomic E-state index is 11.9. The average molecular weight is 239 g/mol. The van der Waals surface area contributed by atoms with Crippen LogP contribution in [-0.2, 0) is 6.54 Å². The Morgan fingerprint density at radius 1 is 1.41 bits per heavy atom. The third-order valence-corrected chi connectivity index (χ3v) is 2.23. The van der Waals surface area contributed by atoms with E-state index >= 15 is 0 Å². The molecule has 90 valence electrons. The van der Waals surface area contributed by atoms with Gasteiger partial charge in [0.05, 0.1) is 12.2 Å². The van der Waals surface area contributed by atoms with Crippen LogP contribution in [0.1, 0.15) is 5.69 Å². The van der Waals surface area contributed by atoms with E-state index in [9.17, 15) is 13.6 Å². The van der Waals surface area contributed by atoms with Crippen LogP contribution < -0.4 is 10.9 Å². The van der Waals surface area contributed by atoms with Crippen molar-refractivity contribution in [1.29, 1.82) is 0 Å². The number of pyridine rings is 1. The van der Waals surface area contributed by atoms with Crippen molar-refractivity contribution in [2.24, 2.45) is 0 Å². The van der Waals surface area contributed by atoms with Crippen molar-refractivity contribution in [3.05, 3.63) is 46.5 Å². The van der Waals surface area contributed by atoms with Gasteiger partial charge in [-0.2, -0.15) is 0 Å². The molecule has 0 radical (unpaired) electrons. The Balaban J connectivity index is 2.22. The molecule has 0 aliphatic rings. The molecule has 17 heavy (non-hydrogen) atoms. The van der Waals surface area contributed by atoms with Gasteiger partial charge in [0.2, 0.25) is 0 Å². The largest absolute Gasteiger partial charge is 0.306 e. The van der Waals surface area contributed by atoms with Gasteiger partial charge in [-0.05, 0) is 12.1 Å². The SMILES string of the molecule is O=c1cc(CNCC(F)F)nc2ccccn12. The van der Waals surface area contributed by atoms with E-state index in [2.05, 4.69) is 10.3 Å². The van der Waals surface area contributed by atoms with E-state index in [-0.39, 0.29) is 12.1 Å². The molecule has 0 atom stereocenters. The van der Waals surface area contributed by atoms with Gasteiger partial charge >= 0.3 is 0 Å². The van der Waals surface area contributed by atoms with Crippen LogP contribution in [0.5, 0.6) is 0 Å². The smallest absolute Gasteiger partial charge is 0.258 e. The van der Waals surface area contributed by atoms with Crippen molar-refractivity contribution in [2.45, 2.75) is 13.0 Å². The maximum atomic E-state index is 11.9. The average Bonchev–Trinajstić information content (AvgIpc) is 2.28. The van der Waals surface area contributed by atoms with Crippen LogP contribution in [0.2, 0.25) is 0 Å². The number of fused-ring (bicyclic) bond motifs is 1. The number of aromatic nitrogens is 2. The van der Waals surface area contributed by atoms with Crippen molar-refractivity contribution in [1.82, 2.24) is 14.7 Å². The predicted octanol–water partition coefficient (Wildman–Crippen LogP) is 1.05. The molecule has 2 aromatic heterocycles. The first-order valence-electron chi connectivity index (χ1n) is 5.13. The van der Waals surface area contributed by atoms with E-state index in [1.807, 2.05) is 0 Å². The zero-order valence-electron chi connectivity index (χ0n) is 8.94. The van der Waals surface area contributed by atoms with E-state index in [1.165, 1.54) is 10.5 Å². The molecule has 0 aliphatic heterocycles. The lowest BCUT2D eigenvalue weighted by Gasteiger charge is -2.05. The Morgan fingerprint density at radius 3 is 3.00 bits per heavy atom. The van der Waals surface area contributed by atoms with Gasteiger partial charge < -0.3 is 5.32 Å². The van der Waals surface area contributed by atoms with Gasteiger partial charge in [-0.3, -0.25) is 9.20 Å². The van der Waals surface area contributed by atoms with Crippen LogP contribution in [0.3, 0.4) is 0 Å². The lowest BCUT2D eigenvalue weighted by atomic mass is 10.3. The molecule has 2 rings (SSSR count). The molecule has 0 saturated heterocycles. The Labute approximate surface area is 95.9 Å². The Hall–Kier alpha value is -1.82. The minimum absolute atomic E-state index is 0.158. The highest BCUT2D eigenvalue weighted by atomic mass is 19.3. The number of hydrogen-bond acceptors (Lipinski definition) is 3. The van der Waals surface area contributed by atoms with Crippen molar-refractivity contribution >= 4 is 5.65 Å². The molecule has 2 aromatic rings. The molecule has 0 aromatic carbocycles. The zero-order valence-corrected chi connectivity index (χ0v) is 8.94. The summed E-state index contributed by atoms with van der Waals surface area (Å²) in [6.45, 7) is -0.249. The summed E-state index contributed by atoms with van der Waals surface area (Å²) in [6, 6.07) is 6.52. The lowest BCUT2D eigenvalue weighted by molar-refractivity contribution is 0.145. The quantitative estimate of drug-likeness (QED) is 0.867. The molecule has 0 amide bonds. The molecule has 0 aliphatic carbocycles. The summed E-state index contributed by atoms with van der Waals surface area (Å²) >= 11 is 0. The second kappa shape index (κ2) is 5.01. The third kappa shape index (κ3) is 2.85. The molecule has 2 heterocycles. The molecule has 0 saturated carbocycles. The van der Waals surface area contributed by atoms with E-state index < -0.39 is 13.0 Å². The highest BCUT2D eigenvalue weighted by molar-refractivity contribution is 5.37. The van der Waals surface area contributed by atoms with Gasteiger partial charge in [0.25, 0.3) is 12.0 Å². The Bertz CT molecular complexity index is 568. The highest BCUT2D eigenvalue weighted by Crippen LogP contribution is 1.98. The summed E-state index contributed by atoms with van der Waals surface area (Å²) < 4.78 is 25.2. The number of halogens is 2. The topological polar surface area (TPSA) is 46.4 Å². The minimum Gasteiger partial charge on any atom is -0.306 e. The van der Waals surface area contributed by atoms with Crippen molar-refractivity contribution in [2.75, 3.05) is 6.54 Å².